The molecule has 0 amide bonds. The summed E-state index contributed by atoms with van der Waals surface area (Å²) in [4.78, 5) is 16.4. The van der Waals surface area contributed by atoms with Crippen molar-refractivity contribution in [3.05, 3.63) is 28.5 Å². The second-order valence-corrected chi connectivity index (χ2v) is 7.60. The molecule has 150 valence electrons. The number of fused-ring (bicyclic) bond motifs is 1. The van der Waals surface area contributed by atoms with Crippen LogP contribution in [0.1, 0.15) is 83.1 Å². The Morgan fingerprint density at radius 2 is 1.89 bits per heavy atom. The summed E-state index contributed by atoms with van der Waals surface area (Å²) in [5.74, 6) is 0.890. The molecule has 3 rings (SSSR count). The summed E-state index contributed by atoms with van der Waals surface area (Å²) in [6.45, 7) is 2.22. The van der Waals surface area contributed by atoms with Crippen molar-refractivity contribution in [2.75, 3.05) is 6.61 Å². The van der Waals surface area contributed by atoms with Gasteiger partial charge in [-0.25, -0.2) is 4.79 Å². The van der Waals surface area contributed by atoms with E-state index in [-0.39, 0.29) is 24.6 Å². The van der Waals surface area contributed by atoms with Crippen LogP contribution in [-0.2, 0) is 11.2 Å². The quantitative estimate of drug-likeness (QED) is 0.590. The van der Waals surface area contributed by atoms with E-state index in [1.54, 1.807) is 6.20 Å². The third-order valence-corrected chi connectivity index (χ3v) is 5.36. The van der Waals surface area contributed by atoms with Crippen molar-refractivity contribution < 1.29 is 14.3 Å². The van der Waals surface area contributed by atoms with E-state index >= 15 is 0 Å². The van der Waals surface area contributed by atoms with Crippen molar-refractivity contribution in [1.82, 2.24) is 9.55 Å². The lowest BCUT2D eigenvalue weighted by Crippen LogP contribution is -2.27. The number of aliphatic hydroxyl groups is 1. The van der Waals surface area contributed by atoms with Crippen molar-refractivity contribution >= 4 is 11.1 Å². The molecule has 0 aliphatic carbocycles. The fourth-order valence-corrected chi connectivity index (χ4v) is 3.77. The Labute approximate surface area is 160 Å². The van der Waals surface area contributed by atoms with Gasteiger partial charge >= 0.3 is 5.69 Å². The van der Waals surface area contributed by atoms with Crippen LogP contribution in [0.2, 0.25) is 0 Å². The van der Waals surface area contributed by atoms with E-state index in [4.69, 9.17) is 9.15 Å². The van der Waals surface area contributed by atoms with Gasteiger partial charge in [0.15, 0.2) is 0 Å². The number of aliphatic hydroxyl groups excluding tert-OH is 1. The van der Waals surface area contributed by atoms with E-state index in [0.29, 0.717) is 12.1 Å². The van der Waals surface area contributed by atoms with Crippen molar-refractivity contribution in [3.8, 4) is 0 Å². The topological polar surface area (TPSA) is 77.5 Å². The van der Waals surface area contributed by atoms with E-state index in [1.807, 2.05) is 6.07 Å². The molecule has 0 spiro atoms. The highest BCUT2D eigenvalue weighted by atomic mass is 16.5. The third kappa shape index (κ3) is 5.42. The molecule has 27 heavy (non-hydrogen) atoms. The molecule has 0 bridgehead atoms. The van der Waals surface area contributed by atoms with E-state index in [2.05, 4.69) is 11.9 Å². The fraction of sp³-hybridized carbons (Fsp3) is 0.714. The Bertz CT molecular complexity index is 767. The number of aromatic nitrogens is 2. The molecule has 0 aromatic carbocycles. The average molecular weight is 376 g/mol. The zero-order valence-corrected chi connectivity index (χ0v) is 16.4. The predicted molar refractivity (Wildman–Crippen MR) is 105 cm³/mol. The molecule has 6 nitrogen and oxygen atoms in total. The first-order valence-corrected chi connectivity index (χ1v) is 10.5. The molecule has 1 fully saturated rings. The number of hydrogen-bond donors (Lipinski definition) is 1. The highest BCUT2D eigenvalue weighted by Crippen LogP contribution is 2.28. The Morgan fingerprint density at radius 3 is 2.59 bits per heavy atom. The third-order valence-electron chi connectivity index (χ3n) is 5.36. The predicted octanol–water partition coefficient (Wildman–Crippen LogP) is 4.34. The molecule has 1 N–H and O–H groups in total. The van der Waals surface area contributed by atoms with Crippen LogP contribution in [0.5, 0.6) is 0 Å². The molecular weight excluding hydrogens is 344 g/mol. The van der Waals surface area contributed by atoms with E-state index < -0.39 is 0 Å². The second-order valence-electron chi connectivity index (χ2n) is 7.60. The molecular formula is C21H32N2O4. The standard InChI is InChI=1S/C21H32N2O4/c1-2-3-4-5-6-7-8-9-10-17-13-16-14-23(21(25)22-20(16)27-17)19-12-11-18(15-24)26-19/h13-14,18-19,24H,2-12,15H2,1H3/t18-,19+/m0/s1. The molecule has 1 aliphatic heterocycles. The lowest BCUT2D eigenvalue weighted by molar-refractivity contribution is -0.0243. The van der Waals surface area contributed by atoms with Gasteiger partial charge in [-0.05, 0) is 25.3 Å². The number of hydrogen-bond acceptors (Lipinski definition) is 5. The summed E-state index contributed by atoms with van der Waals surface area (Å²) in [6, 6.07) is 1.98. The van der Waals surface area contributed by atoms with Crippen LogP contribution in [0.3, 0.4) is 0 Å². The number of aryl methyl sites for hydroxylation is 1. The summed E-state index contributed by atoms with van der Waals surface area (Å²) in [5, 5.41) is 10.0. The first kappa shape index (κ1) is 20.1. The minimum absolute atomic E-state index is 0.0185. The first-order valence-electron chi connectivity index (χ1n) is 10.5. The van der Waals surface area contributed by atoms with Crippen molar-refractivity contribution in [1.29, 1.82) is 0 Å². The normalized spacial score (nSPS) is 19.9. The van der Waals surface area contributed by atoms with Crippen LogP contribution in [0, 0.1) is 0 Å². The molecule has 1 aliphatic rings. The number of unbranched alkanes of at least 4 members (excludes halogenated alkanes) is 7. The SMILES string of the molecule is CCCCCCCCCCc1cc2cn([C@H]3CC[C@@H](CO)O3)c(=O)nc2o1. The van der Waals surface area contributed by atoms with Crippen LogP contribution in [0.4, 0.5) is 0 Å². The largest absolute Gasteiger partial charge is 0.443 e. The van der Waals surface area contributed by atoms with E-state index in [9.17, 15) is 9.90 Å². The van der Waals surface area contributed by atoms with Gasteiger partial charge < -0.3 is 14.3 Å². The minimum atomic E-state index is -0.362. The maximum Gasteiger partial charge on any atom is 0.353 e. The molecule has 0 saturated carbocycles. The molecule has 6 heteroatoms. The molecule has 1 saturated heterocycles. The van der Waals surface area contributed by atoms with Gasteiger partial charge in [0.05, 0.1) is 18.1 Å². The van der Waals surface area contributed by atoms with Crippen LogP contribution in [-0.4, -0.2) is 27.4 Å². The number of nitrogens with zero attached hydrogens (tertiary/aromatic N) is 2. The lowest BCUT2D eigenvalue weighted by Gasteiger charge is -2.14. The number of furan rings is 1. The highest BCUT2D eigenvalue weighted by Gasteiger charge is 2.27. The van der Waals surface area contributed by atoms with Crippen LogP contribution in [0.25, 0.3) is 11.1 Å². The molecule has 2 aromatic rings. The maximum absolute atomic E-state index is 12.3. The highest BCUT2D eigenvalue weighted by molar-refractivity contribution is 5.72. The Kier molecular flexibility index (Phi) is 7.47. The van der Waals surface area contributed by atoms with Gasteiger partial charge in [0.2, 0.25) is 5.71 Å². The molecule has 3 heterocycles. The smallest absolute Gasteiger partial charge is 0.353 e. The summed E-state index contributed by atoms with van der Waals surface area (Å²) in [5.41, 5.74) is 0.0431. The summed E-state index contributed by atoms with van der Waals surface area (Å²) in [7, 11) is 0. The summed E-state index contributed by atoms with van der Waals surface area (Å²) >= 11 is 0. The van der Waals surface area contributed by atoms with Gasteiger partial charge in [-0.3, -0.25) is 4.57 Å². The number of ether oxygens (including phenoxy) is 1. The Balaban J connectivity index is 1.52. The molecule has 0 unspecified atom stereocenters. The summed E-state index contributed by atoms with van der Waals surface area (Å²) < 4.78 is 13.0. The number of rotatable bonds is 11. The van der Waals surface area contributed by atoms with Crippen molar-refractivity contribution in [2.45, 2.75) is 89.9 Å². The molecule has 0 radical (unpaired) electrons. The lowest BCUT2D eigenvalue weighted by atomic mass is 10.1. The van der Waals surface area contributed by atoms with Gasteiger partial charge in [-0.15, -0.1) is 0 Å². The van der Waals surface area contributed by atoms with Gasteiger partial charge in [-0.2, -0.15) is 4.98 Å². The van der Waals surface area contributed by atoms with Crippen LogP contribution in [0.15, 0.2) is 21.5 Å². The molecule has 2 atom stereocenters. The molecule has 2 aromatic heterocycles. The fourth-order valence-electron chi connectivity index (χ4n) is 3.77. The first-order chi connectivity index (χ1) is 13.2. The van der Waals surface area contributed by atoms with Crippen molar-refractivity contribution in [3.63, 3.8) is 0 Å². The zero-order valence-electron chi connectivity index (χ0n) is 16.4. The average Bonchev–Trinajstić information content (AvgIpc) is 3.29. The van der Waals surface area contributed by atoms with Gasteiger partial charge in [0, 0.05) is 12.6 Å². The van der Waals surface area contributed by atoms with Crippen molar-refractivity contribution in [2.24, 2.45) is 0 Å². The second kappa shape index (κ2) is 10.0. The van der Waals surface area contributed by atoms with Crippen LogP contribution < -0.4 is 5.69 Å². The minimum Gasteiger partial charge on any atom is -0.443 e. The maximum atomic E-state index is 12.3. The van der Waals surface area contributed by atoms with Crippen LogP contribution >= 0.6 is 0 Å². The van der Waals surface area contributed by atoms with Gasteiger partial charge in [0.25, 0.3) is 0 Å². The van der Waals surface area contributed by atoms with Gasteiger partial charge in [0.1, 0.15) is 12.0 Å². The Hall–Kier alpha value is -1.66. The zero-order chi connectivity index (χ0) is 19.1. The summed E-state index contributed by atoms with van der Waals surface area (Å²) in [6.07, 6.45) is 13.8. The van der Waals surface area contributed by atoms with Gasteiger partial charge in [-0.1, -0.05) is 51.9 Å². The van der Waals surface area contributed by atoms with E-state index in [0.717, 1.165) is 30.4 Å². The Morgan fingerprint density at radius 1 is 1.15 bits per heavy atom. The van der Waals surface area contributed by atoms with E-state index in [1.165, 1.54) is 49.5 Å². The monoisotopic (exact) mass is 376 g/mol.